The fourth-order valence-electron chi connectivity index (χ4n) is 2.03. The van der Waals surface area contributed by atoms with Gasteiger partial charge in [-0.2, -0.15) is 0 Å². The van der Waals surface area contributed by atoms with Crippen molar-refractivity contribution in [2.24, 2.45) is 0 Å². The number of hydrogen-bond donors (Lipinski definition) is 2. The van der Waals surface area contributed by atoms with Gasteiger partial charge in [-0.05, 0) is 48.4 Å². The number of benzene rings is 2. The van der Waals surface area contributed by atoms with Crippen molar-refractivity contribution in [3.8, 4) is 0 Å². The number of sulfonamides is 1. The summed E-state index contributed by atoms with van der Waals surface area (Å²) in [6.45, 7) is 2.53. The first-order valence-corrected chi connectivity index (χ1v) is 9.22. The van der Waals surface area contributed by atoms with Gasteiger partial charge in [0.15, 0.2) is 0 Å². The van der Waals surface area contributed by atoms with Gasteiger partial charge in [0.05, 0.1) is 5.75 Å². The maximum Gasteiger partial charge on any atom is 0.232 e. The van der Waals surface area contributed by atoms with Gasteiger partial charge >= 0.3 is 0 Å². The van der Waals surface area contributed by atoms with Crippen LogP contribution < -0.4 is 10.0 Å². The Morgan fingerprint density at radius 3 is 2.17 bits per heavy atom. The Kier molecular flexibility index (Phi) is 5.98. The van der Waals surface area contributed by atoms with Crippen LogP contribution in [0.3, 0.4) is 0 Å². The van der Waals surface area contributed by atoms with E-state index in [1.165, 1.54) is 12.1 Å². The largest absolute Gasteiger partial charge is 0.381 e. The minimum absolute atomic E-state index is 0.133. The van der Waals surface area contributed by atoms with Crippen LogP contribution in [0.25, 0.3) is 0 Å². The third-order valence-electron chi connectivity index (χ3n) is 3.33. The smallest absolute Gasteiger partial charge is 0.232 e. The SMILES string of the molecule is CCCCS(=O)(=O)Nc1ccc(NCc2ccc(F)cc2)cc1. The van der Waals surface area contributed by atoms with E-state index in [0.29, 0.717) is 18.7 Å². The molecule has 0 aliphatic rings. The molecule has 0 heterocycles. The lowest BCUT2D eigenvalue weighted by atomic mass is 10.2. The fraction of sp³-hybridized carbons (Fsp3) is 0.294. The minimum atomic E-state index is -3.27. The fourth-order valence-corrected chi connectivity index (χ4v) is 3.29. The topological polar surface area (TPSA) is 58.2 Å². The molecule has 6 heteroatoms. The van der Waals surface area contributed by atoms with Crippen molar-refractivity contribution in [3.63, 3.8) is 0 Å². The number of unbranched alkanes of at least 4 members (excludes halogenated alkanes) is 1. The van der Waals surface area contributed by atoms with E-state index in [1.54, 1.807) is 36.4 Å². The predicted molar refractivity (Wildman–Crippen MR) is 92.5 cm³/mol. The van der Waals surface area contributed by atoms with E-state index in [4.69, 9.17) is 0 Å². The Morgan fingerprint density at radius 2 is 1.57 bits per heavy atom. The Bertz CT molecular complexity index is 713. The summed E-state index contributed by atoms with van der Waals surface area (Å²) >= 11 is 0. The second-order valence-electron chi connectivity index (χ2n) is 5.33. The Morgan fingerprint density at radius 1 is 0.957 bits per heavy atom. The number of hydrogen-bond acceptors (Lipinski definition) is 3. The predicted octanol–water partition coefficient (Wildman–Crippen LogP) is 3.98. The summed E-state index contributed by atoms with van der Waals surface area (Å²) in [5.41, 5.74) is 2.38. The number of anilines is 2. The summed E-state index contributed by atoms with van der Waals surface area (Å²) in [7, 11) is -3.27. The van der Waals surface area contributed by atoms with Gasteiger partial charge in [-0.25, -0.2) is 12.8 Å². The van der Waals surface area contributed by atoms with Crippen LogP contribution in [0.2, 0.25) is 0 Å². The van der Waals surface area contributed by atoms with Gasteiger partial charge in [0.2, 0.25) is 10.0 Å². The second-order valence-corrected chi connectivity index (χ2v) is 7.17. The highest BCUT2D eigenvalue weighted by Gasteiger charge is 2.09. The number of halogens is 1. The quantitative estimate of drug-likeness (QED) is 0.766. The zero-order valence-corrected chi connectivity index (χ0v) is 13.9. The molecule has 0 unspecified atom stereocenters. The van der Waals surface area contributed by atoms with Crippen LogP contribution >= 0.6 is 0 Å². The van der Waals surface area contributed by atoms with Crippen LogP contribution in [-0.4, -0.2) is 14.2 Å². The van der Waals surface area contributed by atoms with Gasteiger partial charge in [-0.1, -0.05) is 25.5 Å². The summed E-state index contributed by atoms with van der Waals surface area (Å²) in [6, 6.07) is 13.3. The molecule has 23 heavy (non-hydrogen) atoms. The van der Waals surface area contributed by atoms with Gasteiger partial charge < -0.3 is 5.32 Å². The third-order valence-corrected chi connectivity index (χ3v) is 4.71. The van der Waals surface area contributed by atoms with E-state index in [2.05, 4.69) is 10.0 Å². The lowest BCUT2D eigenvalue weighted by Crippen LogP contribution is -2.16. The van der Waals surface area contributed by atoms with Crippen LogP contribution in [0.5, 0.6) is 0 Å². The molecule has 0 atom stereocenters. The summed E-state index contributed by atoms with van der Waals surface area (Å²) in [5.74, 6) is -0.123. The van der Waals surface area contributed by atoms with Crippen LogP contribution in [-0.2, 0) is 16.6 Å². The average Bonchev–Trinajstić information content (AvgIpc) is 2.53. The lowest BCUT2D eigenvalue weighted by molar-refractivity contribution is 0.598. The van der Waals surface area contributed by atoms with Crippen molar-refractivity contribution in [2.75, 3.05) is 15.8 Å². The third kappa shape index (κ3) is 5.90. The van der Waals surface area contributed by atoms with E-state index >= 15 is 0 Å². The van der Waals surface area contributed by atoms with Gasteiger partial charge in [-0.3, -0.25) is 4.72 Å². The molecule has 124 valence electrons. The summed E-state index contributed by atoms with van der Waals surface area (Å²) < 4.78 is 39.0. The van der Waals surface area contributed by atoms with Crippen molar-refractivity contribution < 1.29 is 12.8 Å². The molecule has 0 amide bonds. The molecule has 2 N–H and O–H groups in total. The standard InChI is InChI=1S/C17H21FN2O2S/c1-2-3-12-23(21,22)20-17-10-8-16(9-11-17)19-13-14-4-6-15(18)7-5-14/h4-11,19-20H,2-3,12-13H2,1H3. The van der Waals surface area contributed by atoms with E-state index in [1.807, 2.05) is 6.92 Å². The van der Waals surface area contributed by atoms with Gasteiger partial charge in [-0.15, -0.1) is 0 Å². The Labute approximate surface area is 136 Å². The molecule has 0 bridgehead atoms. The Hall–Kier alpha value is -2.08. The Balaban J connectivity index is 1.90. The van der Waals surface area contributed by atoms with Gasteiger partial charge in [0.1, 0.15) is 5.82 Å². The highest BCUT2D eigenvalue weighted by Crippen LogP contribution is 2.16. The molecule has 2 rings (SSSR count). The zero-order chi connectivity index (χ0) is 16.7. The van der Waals surface area contributed by atoms with E-state index in [-0.39, 0.29) is 11.6 Å². The van der Waals surface area contributed by atoms with Crippen molar-refractivity contribution in [1.82, 2.24) is 0 Å². The van der Waals surface area contributed by atoms with Gasteiger partial charge in [0, 0.05) is 17.9 Å². The molecule has 0 saturated heterocycles. The van der Waals surface area contributed by atoms with Crippen molar-refractivity contribution >= 4 is 21.4 Å². The van der Waals surface area contributed by atoms with Crippen molar-refractivity contribution in [2.45, 2.75) is 26.3 Å². The van der Waals surface area contributed by atoms with Gasteiger partial charge in [0.25, 0.3) is 0 Å². The molecule has 4 nitrogen and oxygen atoms in total. The normalized spacial score (nSPS) is 11.2. The van der Waals surface area contributed by atoms with Crippen LogP contribution in [0.1, 0.15) is 25.3 Å². The molecule has 0 aliphatic heterocycles. The minimum Gasteiger partial charge on any atom is -0.381 e. The lowest BCUT2D eigenvalue weighted by Gasteiger charge is -2.10. The summed E-state index contributed by atoms with van der Waals surface area (Å²) in [4.78, 5) is 0. The number of nitrogens with one attached hydrogen (secondary N) is 2. The zero-order valence-electron chi connectivity index (χ0n) is 13.0. The summed E-state index contributed by atoms with van der Waals surface area (Å²) in [5, 5.41) is 3.21. The number of rotatable bonds is 8. The average molecular weight is 336 g/mol. The molecule has 0 saturated carbocycles. The molecule has 0 fully saturated rings. The van der Waals surface area contributed by atoms with E-state index in [0.717, 1.165) is 17.7 Å². The molecule has 2 aromatic rings. The maximum absolute atomic E-state index is 12.8. The first-order valence-electron chi connectivity index (χ1n) is 7.57. The maximum atomic E-state index is 12.8. The molecule has 2 aromatic carbocycles. The first-order chi connectivity index (χ1) is 11.0. The first kappa shape index (κ1) is 17.3. The van der Waals surface area contributed by atoms with Crippen molar-refractivity contribution in [3.05, 3.63) is 59.9 Å². The summed E-state index contributed by atoms with van der Waals surface area (Å²) in [6.07, 6.45) is 1.49. The van der Waals surface area contributed by atoms with E-state index < -0.39 is 10.0 Å². The molecular weight excluding hydrogens is 315 g/mol. The second kappa shape index (κ2) is 7.97. The molecule has 0 radical (unpaired) electrons. The molecular formula is C17H21FN2O2S. The molecule has 0 spiro atoms. The van der Waals surface area contributed by atoms with Crippen LogP contribution in [0, 0.1) is 5.82 Å². The van der Waals surface area contributed by atoms with Crippen LogP contribution in [0.4, 0.5) is 15.8 Å². The van der Waals surface area contributed by atoms with Crippen molar-refractivity contribution in [1.29, 1.82) is 0 Å². The molecule has 0 aromatic heterocycles. The molecule has 0 aliphatic carbocycles. The monoisotopic (exact) mass is 336 g/mol. The highest BCUT2D eigenvalue weighted by atomic mass is 32.2. The van der Waals surface area contributed by atoms with Crippen LogP contribution in [0.15, 0.2) is 48.5 Å². The van der Waals surface area contributed by atoms with E-state index in [9.17, 15) is 12.8 Å². The highest BCUT2D eigenvalue weighted by molar-refractivity contribution is 7.92.